The van der Waals surface area contributed by atoms with Crippen LogP contribution in [0.3, 0.4) is 0 Å². The summed E-state index contributed by atoms with van der Waals surface area (Å²) in [7, 11) is 0. The molecule has 5 rings (SSSR count). The van der Waals surface area contributed by atoms with Crippen LogP contribution < -0.4 is 9.80 Å². The number of piperidine rings is 1. The number of hydrogen-bond donors (Lipinski definition) is 0. The van der Waals surface area contributed by atoms with Gasteiger partial charge in [0.2, 0.25) is 22.1 Å². The number of anilines is 2. The molecule has 0 unspecified atom stereocenters. The molecule has 4 heterocycles. The number of aromatic nitrogens is 2. The Balaban J connectivity index is 1.15. The van der Waals surface area contributed by atoms with E-state index in [0.29, 0.717) is 18.1 Å². The zero-order valence-corrected chi connectivity index (χ0v) is 19.2. The zero-order valence-electron chi connectivity index (χ0n) is 18.4. The summed E-state index contributed by atoms with van der Waals surface area (Å²) in [5, 5.41) is 10.1. The number of carbonyl (C=O) groups excluding carboxylic acids is 2. The number of hydrogen-bond acceptors (Lipinski definition) is 7. The summed E-state index contributed by atoms with van der Waals surface area (Å²) in [5.74, 6) is 0.407. The lowest BCUT2D eigenvalue weighted by atomic mass is 9.96. The van der Waals surface area contributed by atoms with Crippen LogP contribution in [0.2, 0.25) is 0 Å². The minimum atomic E-state index is 0.00481. The van der Waals surface area contributed by atoms with Crippen molar-refractivity contribution < 1.29 is 9.59 Å². The fourth-order valence-corrected chi connectivity index (χ4v) is 5.80. The highest BCUT2D eigenvalue weighted by Gasteiger charge is 2.33. The molecule has 0 N–H and O–H groups in total. The minimum absolute atomic E-state index is 0.00481. The van der Waals surface area contributed by atoms with Crippen LogP contribution in [0, 0.1) is 5.92 Å². The van der Waals surface area contributed by atoms with Gasteiger partial charge in [-0.1, -0.05) is 41.7 Å². The molecule has 3 aliphatic rings. The van der Waals surface area contributed by atoms with E-state index in [4.69, 9.17) is 0 Å². The van der Waals surface area contributed by atoms with Crippen LogP contribution in [0.15, 0.2) is 30.3 Å². The highest BCUT2D eigenvalue weighted by Crippen LogP contribution is 2.32. The van der Waals surface area contributed by atoms with Crippen molar-refractivity contribution in [3.05, 3.63) is 35.9 Å². The summed E-state index contributed by atoms with van der Waals surface area (Å²) in [6, 6.07) is 10.5. The van der Waals surface area contributed by atoms with E-state index < -0.39 is 0 Å². The van der Waals surface area contributed by atoms with Crippen LogP contribution >= 0.6 is 11.3 Å². The number of benzene rings is 1. The summed E-state index contributed by atoms with van der Waals surface area (Å²) in [4.78, 5) is 33.6. The highest BCUT2D eigenvalue weighted by atomic mass is 32.1. The van der Waals surface area contributed by atoms with Crippen molar-refractivity contribution in [2.75, 3.05) is 55.6 Å². The molecule has 0 saturated carbocycles. The summed E-state index contributed by atoms with van der Waals surface area (Å²) >= 11 is 1.47. The Morgan fingerprint density at radius 3 is 2.50 bits per heavy atom. The number of nitrogens with zero attached hydrogens (tertiary/aromatic N) is 6. The molecule has 1 aromatic heterocycles. The molecule has 2 amide bonds. The van der Waals surface area contributed by atoms with Gasteiger partial charge in [-0.05, 0) is 24.8 Å². The molecule has 2 aromatic rings. The van der Waals surface area contributed by atoms with Gasteiger partial charge in [-0.2, -0.15) is 0 Å². The minimum Gasteiger partial charge on any atom is -0.346 e. The average Bonchev–Trinajstić information content (AvgIpc) is 3.49. The van der Waals surface area contributed by atoms with Gasteiger partial charge >= 0.3 is 0 Å². The first-order valence-corrected chi connectivity index (χ1v) is 12.4. The summed E-state index contributed by atoms with van der Waals surface area (Å²) < 4.78 is 0. The number of rotatable bonds is 5. The zero-order chi connectivity index (χ0) is 21.9. The Hall–Kier alpha value is -2.52. The SMILES string of the molecule is O=C([C@@H]1CCCN(c2nnc(N3CCCC3=O)s2)C1)N1CCN(Cc2ccccc2)CC1. The maximum Gasteiger partial charge on any atom is 0.228 e. The van der Waals surface area contributed by atoms with E-state index in [-0.39, 0.29) is 17.7 Å². The molecule has 32 heavy (non-hydrogen) atoms. The molecular weight excluding hydrogens is 424 g/mol. The van der Waals surface area contributed by atoms with Crippen LogP contribution in [-0.2, 0) is 16.1 Å². The van der Waals surface area contributed by atoms with Gasteiger partial charge in [0.25, 0.3) is 0 Å². The smallest absolute Gasteiger partial charge is 0.228 e. The van der Waals surface area contributed by atoms with E-state index in [1.165, 1.54) is 16.9 Å². The molecule has 170 valence electrons. The second-order valence-electron chi connectivity index (χ2n) is 8.89. The van der Waals surface area contributed by atoms with Crippen molar-refractivity contribution in [1.29, 1.82) is 0 Å². The van der Waals surface area contributed by atoms with E-state index in [9.17, 15) is 9.59 Å². The number of piperazine rings is 1. The Morgan fingerprint density at radius 2 is 1.75 bits per heavy atom. The van der Waals surface area contributed by atoms with E-state index in [1.54, 1.807) is 4.90 Å². The molecule has 3 aliphatic heterocycles. The van der Waals surface area contributed by atoms with Gasteiger partial charge in [0.1, 0.15) is 0 Å². The summed E-state index contributed by atoms with van der Waals surface area (Å²) in [6.07, 6.45) is 3.37. The Bertz CT molecular complexity index is 943. The van der Waals surface area contributed by atoms with Crippen molar-refractivity contribution in [3.63, 3.8) is 0 Å². The Labute approximate surface area is 192 Å². The van der Waals surface area contributed by atoms with E-state index >= 15 is 0 Å². The first kappa shape index (κ1) is 21.3. The standard InChI is InChI=1S/C23H30N6O2S/c30-20-9-5-11-29(20)23-25-24-22(32-23)28-10-4-8-19(17-28)21(31)27-14-12-26(13-15-27)16-18-6-2-1-3-7-18/h1-3,6-7,19H,4-5,8-17H2/t19-/m1/s1. The molecule has 1 atom stereocenters. The number of carbonyl (C=O) groups is 2. The van der Waals surface area contributed by atoms with E-state index in [1.807, 2.05) is 11.0 Å². The van der Waals surface area contributed by atoms with Gasteiger partial charge in [0, 0.05) is 58.8 Å². The van der Waals surface area contributed by atoms with Gasteiger partial charge in [0.05, 0.1) is 5.92 Å². The first-order valence-electron chi connectivity index (χ1n) is 11.6. The molecule has 0 aliphatic carbocycles. The van der Waals surface area contributed by atoms with Crippen LogP contribution in [0.4, 0.5) is 10.3 Å². The third kappa shape index (κ3) is 4.63. The van der Waals surface area contributed by atoms with Crippen LogP contribution in [-0.4, -0.2) is 77.6 Å². The second kappa shape index (κ2) is 9.54. The normalized spacial score (nSPS) is 22.6. The third-order valence-corrected chi connectivity index (χ3v) is 7.69. The second-order valence-corrected chi connectivity index (χ2v) is 9.82. The maximum absolute atomic E-state index is 13.2. The van der Waals surface area contributed by atoms with Crippen molar-refractivity contribution in [2.45, 2.75) is 32.2 Å². The van der Waals surface area contributed by atoms with Gasteiger partial charge in [-0.3, -0.25) is 19.4 Å². The molecule has 8 nitrogen and oxygen atoms in total. The van der Waals surface area contributed by atoms with Gasteiger partial charge in [-0.25, -0.2) is 0 Å². The van der Waals surface area contributed by atoms with Gasteiger partial charge in [-0.15, -0.1) is 10.2 Å². The Kier molecular flexibility index (Phi) is 6.36. The highest BCUT2D eigenvalue weighted by molar-refractivity contribution is 7.19. The van der Waals surface area contributed by atoms with E-state index in [2.05, 4.69) is 44.3 Å². The lowest BCUT2D eigenvalue weighted by molar-refractivity contribution is -0.137. The van der Waals surface area contributed by atoms with Crippen LogP contribution in [0.1, 0.15) is 31.2 Å². The summed E-state index contributed by atoms with van der Waals surface area (Å²) in [6.45, 7) is 6.67. The van der Waals surface area contributed by atoms with Crippen LogP contribution in [0.25, 0.3) is 0 Å². The van der Waals surface area contributed by atoms with Crippen LogP contribution in [0.5, 0.6) is 0 Å². The summed E-state index contributed by atoms with van der Waals surface area (Å²) in [5.41, 5.74) is 1.32. The molecule has 0 bridgehead atoms. The van der Waals surface area contributed by atoms with Crippen molar-refractivity contribution in [2.24, 2.45) is 5.92 Å². The molecule has 1 aromatic carbocycles. The van der Waals surface area contributed by atoms with Gasteiger partial charge < -0.3 is 9.80 Å². The molecule has 9 heteroatoms. The molecule has 3 fully saturated rings. The quantitative estimate of drug-likeness (QED) is 0.690. The number of amides is 2. The molecular formula is C23H30N6O2S. The molecule has 0 spiro atoms. The topological polar surface area (TPSA) is 72.9 Å². The molecule has 0 radical (unpaired) electrons. The predicted molar refractivity (Wildman–Crippen MR) is 125 cm³/mol. The van der Waals surface area contributed by atoms with Crippen molar-refractivity contribution >= 4 is 33.4 Å². The van der Waals surface area contributed by atoms with Gasteiger partial charge in [0.15, 0.2) is 0 Å². The fourth-order valence-electron chi connectivity index (χ4n) is 4.87. The Morgan fingerprint density at radius 1 is 0.969 bits per heavy atom. The lowest BCUT2D eigenvalue weighted by Crippen LogP contribution is -2.52. The fraction of sp³-hybridized carbons (Fsp3) is 0.565. The lowest BCUT2D eigenvalue weighted by Gasteiger charge is -2.39. The predicted octanol–water partition coefficient (Wildman–Crippen LogP) is 2.23. The molecule has 3 saturated heterocycles. The van der Waals surface area contributed by atoms with E-state index in [0.717, 1.165) is 70.2 Å². The largest absolute Gasteiger partial charge is 0.346 e. The first-order chi connectivity index (χ1) is 15.7. The van der Waals surface area contributed by atoms with Crippen molar-refractivity contribution in [1.82, 2.24) is 20.0 Å². The maximum atomic E-state index is 13.2. The van der Waals surface area contributed by atoms with Crippen molar-refractivity contribution in [3.8, 4) is 0 Å². The monoisotopic (exact) mass is 454 g/mol. The third-order valence-electron chi connectivity index (χ3n) is 6.68. The average molecular weight is 455 g/mol.